The molecule has 0 N–H and O–H groups in total. The number of allylic oxidation sites excluding steroid dienone is 2. The van der Waals surface area contributed by atoms with Crippen LogP contribution in [0.3, 0.4) is 0 Å². The summed E-state index contributed by atoms with van der Waals surface area (Å²) in [5, 5.41) is 0. The topological polar surface area (TPSA) is 0 Å². The third-order valence-corrected chi connectivity index (χ3v) is 1.59. The molecule has 12 heavy (non-hydrogen) atoms. The van der Waals surface area contributed by atoms with Crippen LogP contribution < -0.4 is 0 Å². The van der Waals surface area contributed by atoms with E-state index < -0.39 is 0 Å². The summed E-state index contributed by atoms with van der Waals surface area (Å²) in [7, 11) is 0. The SMILES string of the molecule is C=C[CH-]c1ccccc1[CH-]C=C. The molecule has 0 aliphatic carbocycles. The zero-order valence-electron chi connectivity index (χ0n) is 7.03. The predicted octanol–water partition coefficient (Wildman–Crippen LogP) is 3.16. The summed E-state index contributed by atoms with van der Waals surface area (Å²) in [6.07, 6.45) is 7.54. The number of hydrogen-bond donors (Lipinski definition) is 0. The molecular weight excluding hydrogens is 144 g/mol. The highest BCUT2D eigenvalue weighted by atomic mass is 14.0. The van der Waals surface area contributed by atoms with Crippen LogP contribution in [0.15, 0.2) is 49.6 Å². The molecule has 0 bridgehead atoms. The second-order valence-corrected chi connectivity index (χ2v) is 2.43. The lowest BCUT2D eigenvalue weighted by Gasteiger charge is -2.19. The summed E-state index contributed by atoms with van der Waals surface area (Å²) < 4.78 is 0. The van der Waals surface area contributed by atoms with Crippen molar-refractivity contribution in [2.24, 2.45) is 0 Å². The molecule has 0 nitrogen and oxygen atoms in total. The molecule has 0 spiro atoms. The average Bonchev–Trinajstić information content (AvgIpc) is 2.09. The van der Waals surface area contributed by atoms with E-state index in [4.69, 9.17) is 0 Å². The van der Waals surface area contributed by atoms with Crippen molar-refractivity contribution in [1.82, 2.24) is 0 Å². The average molecular weight is 156 g/mol. The summed E-state index contributed by atoms with van der Waals surface area (Å²) in [6.45, 7) is 7.32. The molecular formula is C12H12-2. The Balaban J connectivity index is 2.90. The van der Waals surface area contributed by atoms with Crippen LogP contribution in [0, 0.1) is 12.8 Å². The van der Waals surface area contributed by atoms with E-state index in [1.165, 1.54) is 11.1 Å². The molecule has 1 rings (SSSR count). The normalized spacial score (nSPS) is 8.67. The molecule has 62 valence electrons. The Bertz CT molecular complexity index is 242. The molecule has 0 unspecified atom stereocenters. The van der Waals surface area contributed by atoms with Crippen molar-refractivity contribution in [3.05, 3.63) is 73.5 Å². The van der Waals surface area contributed by atoms with Crippen molar-refractivity contribution in [2.75, 3.05) is 0 Å². The zero-order chi connectivity index (χ0) is 8.81. The monoisotopic (exact) mass is 156 g/mol. The van der Waals surface area contributed by atoms with Gasteiger partial charge in [0.05, 0.1) is 0 Å². The quantitative estimate of drug-likeness (QED) is 0.587. The molecule has 0 saturated heterocycles. The molecule has 0 fully saturated rings. The highest BCUT2D eigenvalue weighted by molar-refractivity contribution is 5.41. The van der Waals surface area contributed by atoms with Crippen LogP contribution in [0.1, 0.15) is 11.1 Å². The van der Waals surface area contributed by atoms with Gasteiger partial charge in [-0.25, -0.2) is 11.1 Å². The first-order valence-corrected chi connectivity index (χ1v) is 3.89. The molecule has 0 aliphatic rings. The van der Waals surface area contributed by atoms with Gasteiger partial charge in [-0.3, -0.25) is 0 Å². The highest BCUT2D eigenvalue weighted by Crippen LogP contribution is 2.13. The molecule has 1 aromatic carbocycles. The lowest BCUT2D eigenvalue weighted by Crippen LogP contribution is -1.86. The first kappa shape index (κ1) is 8.54. The minimum Gasteiger partial charge on any atom is -0.223 e. The molecule has 0 amide bonds. The maximum atomic E-state index is 3.66. The van der Waals surface area contributed by atoms with Crippen LogP contribution in [0.25, 0.3) is 0 Å². The van der Waals surface area contributed by atoms with Crippen LogP contribution in [0.4, 0.5) is 0 Å². The van der Waals surface area contributed by atoms with Gasteiger partial charge in [0.25, 0.3) is 0 Å². The summed E-state index contributed by atoms with van der Waals surface area (Å²) in [4.78, 5) is 0. The van der Waals surface area contributed by atoms with Gasteiger partial charge < -0.3 is 0 Å². The van der Waals surface area contributed by atoms with E-state index in [2.05, 4.69) is 25.3 Å². The first-order chi connectivity index (χ1) is 5.88. The van der Waals surface area contributed by atoms with Gasteiger partial charge in [-0.1, -0.05) is 0 Å². The third kappa shape index (κ3) is 1.96. The summed E-state index contributed by atoms with van der Waals surface area (Å²) >= 11 is 0. The fraction of sp³-hybridized carbons (Fsp3) is 0. The van der Waals surface area contributed by atoms with Gasteiger partial charge in [0.1, 0.15) is 0 Å². The lowest BCUT2D eigenvalue weighted by molar-refractivity contribution is 1.42. The Labute approximate surface area is 74.2 Å². The Morgan fingerprint density at radius 3 is 1.67 bits per heavy atom. The fourth-order valence-corrected chi connectivity index (χ4v) is 1.07. The summed E-state index contributed by atoms with van der Waals surface area (Å²) in [6, 6.07) is 8.12. The third-order valence-electron chi connectivity index (χ3n) is 1.59. The molecule has 0 aliphatic heterocycles. The molecule has 1 aromatic rings. The molecule has 0 saturated carbocycles. The standard InChI is InChI=1S/C12H12/c1-3-7-11-9-5-6-10-12(11)8-4-2/h3-10H,1-2H2/q-2. The Kier molecular flexibility index (Phi) is 3.09. The van der Waals surface area contributed by atoms with Gasteiger partial charge in [0.2, 0.25) is 0 Å². The van der Waals surface area contributed by atoms with Gasteiger partial charge in [-0.05, 0) is 0 Å². The van der Waals surface area contributed by atoms with Crippen LogP contribution in [-0.4, -0.2) is 0 Å². The Hall–Kier alpha value is -1.56. The Morgan fingerprint density at radius 1 is 0.917 bits per heavy atom. The minimum absolute atomic E-state index is 1.17. The maximum Gasteiger partial charge on any atom is -0.123 e. The van der Waals surface area contributed by atoms with Crippen LogP contribution in [0.2, 0.25) is 0 Å². The second kappa shape index (κ2) is 4.35. The number of hydrogen-bond acceptors (Lipinski definition) is 0. The van der Waals surface area contributed by atoms with Crippen LogP contribution in [0.5, 0.6) is 0 Å². The maximum absolute atomic E-state index is 3.66. The fourth-order valence-electron chi connectivity index (χ4n) is 1.07. The van der Waals surface area contributed by atoms with Crippen molar-refractivity contribution in [2.45, 2.75) is 0 Å². The zero-order valence-corrected chi connectivity index (χ0v) is 7.03. The molecule has 0 radical (unpaired) electrons. The van der Waals surface area contributed by atoms with E-state index in [9.17, 15) is 0 Å². The lowest BCUT2D eigenvalue weighted by atomic mass is 10.0. The van der Waals surface area contributed by atoms with Crippen LogP contribution in [-0.2, 0) is 0 Å². The van der Waals surface area contributed by atoms with Crippen molar-refractivity contribution in [1.29, 1.82) is 0 Å². The number of benzene rings is 1. The van der Waals surface area contributed by atoms with Crippen molar-refractivity contribution < 1.29 is 0 Å². The summed E-state index contributed by atoms with van der Waals surface area (Å²) in [5.74, 6) is 0. The largest absolute Gasteiger partial charge is 0.223 e. The van der Waals surface area contributed by atoms with Crippen molar-refractivity contribution in [3.63, 3.8) is 0 Å². The smallest absolute Gasteiger partial charge is 0.123 e. The van der Waals surface area contributed by atoms with E-state index >= 15 is 0 Å². The molecule has 0 heterocycles. The van der Waals surface area contributed by atoms with Gasteiger partial charge in [-0.15, -0.1) is 12.1 Å². The molecule has 0 atom stereocenters. The van der Waals surface area contributed by atoms with Gasteiger partial charge in [-0.2, -0.15) is 50.3 Å². The van der Waals surface area contributed by atoms with E-state index in [0.717, 1.165) is 0 Å². The predicted molar refractivity (Wildman–Crippen MR) is 53.6 cm³/mol. The van der Waals surface area contributed by atoms with Crippen molar-refractivity contribution >= 4 is 0 Å². The second-order valence-electron chi connectivity index (χ2n) is 2.43. The van der Waals surface area contributed by atoms with E-state index in [0.29, 0.717) is 0 Å². The number of rotatable bonds is 4. The highest BCUT2D eigenvalue weighted by Gasteiger charge is 1.80. The van der Waals surface area contributed by atoms with Crippen molar-refractivity contribution in [3.8, 4) is 0 Å². The minimum atomic E-state index is 1.17. The Morgan fingerprint density at radius 2 is 1.33 bits per heavy atom. The van der Waals surface area contributed by atoms with E-state index in [-0.39, 0.29) is 0 Å². The van der Waals surface area contributed by atoms with Gasteiger partial charge in [0, 0.05) is 0 Å². The first-order valence-electron chi connectivity index (χ1n) is 3.89. The molecule has 0 heteroatoms. The van der Waals surface area contributed by atoms with E-state index in [1.54, 1.807) is 12.2 Å². The van der Waals surface area contributed by atoms with Crippen LogP contribution >= 0.6 is 0 Å². The molecule has 0 aromatic heterocycles. The van der Waals surface area contributed by atoms with Gasteiger partial charge in [0.15, 0.2) is 0 Å². The van der Waals surface area contributed by atoms with E-state index in [1.807, 2.05) is 25.0 Å². The van der Waals surface area contributed by atoms with Gasteiger partial charge >= 0.3 is 0 Å². The summed E-state index contributed by atoms with van der Waals surface area (Å²) in [5.41, 5.74) is 2.35.